The first kappa shape index (κ1) is 23.4. The standard InChI is InChI=1S/C25H32N6O3/c1-32-20-12-9-17(10-13-20)16-31(19-11-14-21(33-2)22(15-19)34-3)25-29-23(26)28-24(30-25)27-18-7-5-4-6-8-18/h9-15,18H,4-8,16H2,1-3H3,(H3,26,27,28,29,30). The summed E-state index contributed by atoms with van der Waals surface area (Å²) in [7, 11) is 4.88. The number of anilines is 4. The molecular weight excluding hydrogens is 432 g/mol. The summed E-state index contributed by atoms with van der Waals surface area (Å²) >= 11 is 0. The molecule has 0 atom stereocenters. The van der Waals surface area contributed by atoms with Crippen LogP contribution in [0.15, 0.2) is 42.5 Å². The Bertz CT molecular complexity index is 1090. The van der Waals surface area contributed by atoms with Gasteiger partial charge < -0.3 is 30.2 Å². The molecule has 4 rings (SSSR count). The number of rotatable bonds is 9. The minimum atomic E-state index is 0.170. The first-order valence-electron chi connectivity index (χ1n) is 11.5. The fourth-order valence-corrected chi connectivity index (χ4v) is 4.18. The predicted molar refractivity (Wildman–Crippen MR) is 133 cm³/mol. The predicted octanol–water partition coefficient (Wildman–Crippen LogP) is 4.56. The molecule has 3 aromatic rings. The highest BCUT2D eigenvalue weighted by molar-refractivity contribution is 5.64. The molecule has 1 heterocycles. The topological polar surface area (TPSA) is 108 Å². The highest BCUT2D eigenvalue weighted by atomic mass is 16.5. The lowest BCUT2D eigenvalue weighted by Crippen LogP contribution is -2.25. The molecule has 1 aliphatic rings. The second-order valence-electron chi connectivity index (χ2n) is 8.27. The maximum atomic E-state index is 6.12. The Kier molecular flexibility index (Phi) is 7.51. The maximum absolute atomic E-state index is 6.12. The van der Waals surface area contributed by atoms with Crippen molar-refractivity contribution in [1.82, 2.24) is 15.0 Å². The van der Waals surface area contributed by atoms with E-state index >= 15 is 0 Å². The van der Waals surface area contributed by atoms with Crippen LogP contribution in [-0.2, 0) is 6.54 Å². The highest BCUT2D eigenvalue weighted by Crippen LogP contribution is 2.35. The molecular formula is C25H32N6O3. The summed E-state index contributed by atoms with van der Waals surface area (Å²) in [5.74, 6) is 3.17. The quantitative estimate of drug-likeness (QED) is 0.471. The number of ether oxygens (including phenoxy) is 3. The molecule has 180 valence electrons. The molecule has 1 aromatic heterocycles. The fraction of sp³-hybridized carbons (Fsp3) is 0.400. The van der Waals surface area contributed by atoms with E-state index in [1.165, 1.54) is 19.3 Å². The summed E-state index contributed by atoms with van der Waals surface area (Å²) in [4.78, 5) is 15.6. The first-order valence-corrected chi connectivity index (χ1v) is 11.5. The third-order valence-electron chi connectivity index (χ3n) is 6.00. The van der Waals surface area contributed by atoms with Crippen LogP contribution in [0.25, 0.3) is 0 Å². The normalized spacial score (nSPS) is 13.9. The van der Waals surface area contributed by atoms with Crippen molar-refractivity contribution >= 4 is 23.5 Å². The van der Waals surface area contributed by atoms with Crippen LogP contribution in [0.5, 0.6) is 17.2 Å². The summed E-state index contributed by atoms with van der Waals surface area (Å²) in [6.45, 7) is 0.506. The number of nitrogens with two attached hydrogens (primary N) is 1. The minimum Gasteiger partial charge on any atom is -0.497 e. The van der Waals surface area contributed by atoms with Crippen molar-refractivity contribution < 1.29 is 14.2 Å². The number of benzene rings is 2. The molecule has 1 aliphatic carbocycles. The van der Waals surface area contributed by atoms with Crippen LogP contribution in [0.1, 0.15) is 37.7 Å². The molecule has 0 spiro atoms. The lowest BCUT2D eigenvalue weighted by molar-refractivity contribution is 0.355. The Hall–Kier alpha value is -3.75. The zero-order chi connectivity index (χ0) is 23.9. The molecule has 0 aliphatic heterocycles. The van der Waals surface area contributed by atoms with Gasteiger partial charge in [0.05, 0.1) is 27.9 Å². The Morgan fingerprint density at radius 1 is 0.882 bits per heavy atom. The second kappa shape index (κ2) is 10.9. The summed E-state index contributed by atoms with van der Waals surface area (Å²) < 4.78 is 16.2. The van der Waals surface area contributed by atoms with Gasteiger partial charge in [0.1, 0.15) is 5.75 Å². The SMILES string of the molecule is COc1ccc(CN(c2ccc(OC)c(OC)c2)c2nc(N)nc(NC3CCCCC3)n2)cc1. The number of hydrogen-bond donors (Lipinski definition) is 2. The minimum absolute atomic E-state index is 0.170. The first-order chi connectivity index (χ1) is 16.6. The summed E-state index contributed by atoms with van der Waals surface area (Å²) in [5, 5.41) is 3.46. The van der Waals surface area contributed by atoms with Gasteiger partial charge in [-0.1, -0.05) is 31.4 Å². The molecule has 9 nitrogen and oxygen atoms in total. The van der Waals surface area contributed by atoms with Crippen molar-refractivity contribution in [1.29, 1.82) is 0 Å². The zero-order valence-electron chi connectivity index (χ0n) is 20.0. The van der Waals surface area contributed by atoms with Crippen molar-refractivity contribution in [3.05, 3.63) is 48.0 Å². The molecule has 0 unspecified atom stereocenters. The van der Waals surface area contributed by atoms with Crippen LogP contribution in [0, 0.1) is 0 Å². The van der Waals surface area contributed by atoms with Gasteiger partial charge in [-0.3, -0.25) is 0 Å². The van der Waals surface area contributed by atoms with Crippen LogP contribution >= 0.6 is 0 Å². The molecule has 34 heavy (non-hydrogen) atoms. The lowest BCUT2D eigenvalue weighted by atomic mass is 9.96. The Balaban J connectivity index is 1.71. The Morgan fingerprint density at radius 3 is 2.29 bits per heavy atom. The zero-order valence-corrected chi connectivity index (χ0v) is 20.0. The molecule has 0 radical (unpaired) electrons. The molecule has 0 saturated heterocycles. The van der Waals surface area contributed by atoms with Gasteiger partial charge in [0.15, 0.2) is 11.5 Å². The average Bonchev–Trinajstić information content (AvgIpc) is 2.87. The van der Waals surface area contributed by atoms with Crippen LogP contribution in [-0.4, -0.2) is 42.3 Å². The van der Waals surface area contributed by atoms with Crippen molar-refractivity contribution in [2.75, 3.05) is 37.3 Å². The van der Waals surface area contributed by atoms with Gasteiger partial charge in [0.25, 0.3) is 0 Å². The van der Waals surface area contributed by atoms with Crippen molar-refractivity contribution in [3.63, 3.8) is 0 Å². The van der Waals surface area contributed by atoms with Gasteiger partial charge in [-0.25, -0.2) is 0 Å². The van der Waals surface area contributed by atoms with Gasteiger partial charge in [0, 0.05) is 17.8 Å². The van der Waals surface area contributed by atoms with Gasteiger partial charge in [-0.05, 0) is 42.7 Å². The van der Waals surface area contributed by atoms with Gasteiger partial charge in [0.2, 0.25) is 17.8 Å². The van der Waals surface area contributed by atoms with Crippen LogP contribution in [0.4, 0.5) is 23.5 Å². The van der Waals surface area contributed by atoms with E-state index in [0.29, 0.717) is 36.0 Å². The molecule has 0 amide bonds. The summed E-state index contributed by atoms with van der Waals surface area (Å²) in [6.07, 6.45) is 5.90. The van der Waals surface area contributed by atoms with Crippen molar-refractivity contribution in [2.45, 2.75) is 44.7 Å². The van der Waals surface area contributed by atoms with Gasteiger partial charge in [-0.2, -0.15) is 15.0 Å². The van der Waals surface area contributed by atoms with E-state index in [0.717, 1.165) is 29.8 Å². The van der Waals surface area contributed by atoms with E-state index in [1.807, 2.05) is 47.4 Å². The van der Waals surface area contributed by atoms with Crippen molar-refractivity contribution in [2.24, 2.45) is 0 Å². The largest absolute Gasteiger partial charge is 0.497 e. The Morgan fingerprint density at radius 2 is 1.62 bits per heavy atom. The number of methoxy groups -OCH3 is 3. The van der Waals surface area contributed by atoms with E-state index in [4.69, 9.17) is 24.9 Å². The number of nitrogen functional groups attached to an aromatic ring is 1. The van der Waals surface area contributed by atoms with E-state index in [-0.39, 0.29) is 5.95 Å². The van der Waals surface area contributed by atoms with Gasteiger partial charge in [-0.15, -0.1) is 0 Å². The molecule has 9 heteroatoms. The third kappa shape index (κ3) is 5.59. The van der Waals surface area contributed by atoms with Crippen LogP contribution < -0.4 is 30.2 Å². The summed E-state index contributed by atoms with van der Waals surface area (Å²) in [5.41, 5.74) is 8.01. The number of nitrogens with zero attached hydrogens (tertiary/aromatic N) is 4. The van der Waals surface area contributed by atoms with E-state index in [9.17, 15) is 0 Å². The van der Waals surface area contributed by atoms with Gasteiger partial charge >= 0.3 is 0 Å². The summed E-state index contributed by atoms with van der Waals surface area (Å²) in [6, 6.07) is 13.9. The van der Waals surface area contributed by atoms with Crippen LogP contribution in [0.2, 0.25) is 0 Å². The number of hydrogen-bond acceptors (Lipinski definition) is 9. The van der Waals surface area contributed by atoms with E-state index in [2.05, 4.69) is 15.3 Å². The highest BCUT2D eigenvalue weighted by Gasteiger charge is 2.20. The fourth-order valence-electron chi connectivity index (χ4n) is 4.18. The van der Waals surface area contributed by atoms with E-state index in [1.54, 1.807) is 21.3 Å². The lowest BCUT2D eigenvalue weighted by Gasteiger charge is -2.26. The number of aromatic nitrogens is 3. The third-order valence-corrected chi connectivity index (χ3v) is 6.00. The average molecular weight is 465 g/mol. The van der Waals surface area contributed by atoms with Crippen molar-refractivity contribution in [3.8, 4) is 17.2 Å². The maximum Gasteiger partial charge on any atom is 0.236 e. The molecule has 3 N–H and O–H groups in total. The molecule has 0 bridgehead atoms. The van der Waals surface area contributed by atoms with Crippen LogP contribution in [0.3, 0.4) is 0 Å². The smallest absolute Gasteiger partial charge is 0.236 e. The second-order valence-corrected chi connectivity index (χ2v) is 8.27. The van der Waals surface area contributed by atoms with E-state index < -0.39 is 0 Å². The Labute approximate surface area is 200 Å². The molecule has 2 aromatic carbocycles. The monoisotopic (exact) mass is 464 g/mol. The number of nitrogens with one attached hydrogen (secondary N) is 1. The molecule has 1 fully saturated rings. The molecule has 1 saturated carbocycles.